The standard InChI is InChI=1S/C21H26INO6/c1-4-5-11-8-12-17(20(26)23(2)19(12)25)13-9-15(29-21(11,13)27)10-6-14(22)18(24)16(7-10)28-3/h6-7,11-13,15,17,24,27H,4-5,8-9H2,1-3H3/t11-,12-,13-,15-,17-,21+/m0/s1. The Labute approximate surface area is 183 Å². The van der Waals surface area contributed by atoms with E-state index < -0.39 is 23.7 Å². The van der Waals surface area contributed by atoms with E-state index in [2.05, 4.69) is 0 Å². The normalized spacial score (nSPS) is 36.3. The molecule has 1 aromatic carbocycles. The van der Waals surface area contributed by atoms with Crippen LogP contribution in [0.1, 0.15) is 44.3 Å². The number of aromatic hydroxyl groups is 1. The second-order valence-electron chi connectivity index (χ2n) is 8.34. The van der Waals surface area contributed by atoms with Crippen LogP contribution in [0.15, 0.2) is 12.1 Å². The number of hydrogen-bond donors (Lipinski definition) is 2. The van der Waals surface area contributed by atoms with Crippen LogP contribution in [0.25, 0.3) is 0 Å². The van der Waals surface area contributed by atoms with Crippen molar-refractivity contribution in [3.05, 3.63) is 21.3 Å². The molecule has 0 spiro atoms. The van der Waals surface area contributed by atoms with Crippen molar-refractivity contribution < 1.29 is 29.3 Å². The van der Waals surface area contributed by atoms with E-state index in [0.29, 0.717) is 22.2 Å². The quantitative estimate of drug-likeness (QED) is 0.473. The molecule has 29 heavy (non-hydrogen) atoms. The van der Waals surface area contributed by atoms with E-state index in [9.17, 15) is 19.8 Å². The number of rotatable bonds is 4. The number of amides is 2. The summed E-state index contributed by atoms with van der Waals surface area (Å²) in [4.78, 5) is 26.7. The van der Waals surface area contributed by atoms with Crippen molar-refractivity contribution in [3.63, 3.8) is 0 Å². The summed E-state index contributed by atoms with van der Waals surface area (Å²) in [6.07, 6.45) is 2.04. The van der Waals surface area contributed by atoms with E-state index in [1.165, 1.54) is 19.1 Å². The number of methoxy groups -OCH3 is 1. The highest BCUT2D eigenvalue weighted by Crippen LogP contribution is 2.59. The van der Waals surface area contributed by atoms with Crippen LogP contribution >= 0.6 is 22.6 Å². The number of imide groups is 1. The van der Waals surface area contributed by atoms with Gasteiger partial charge in [-0.05, 0) is 59.5 Å². The predicted octanol–water partition coefficient (Wildman–Crippen LogP) is 2.82. The lowest BCUT2D eigenvalue weighted by Gasteiger charge is -2.44. The third-order valence-electron chi connectivity index (χ3n) is 6.86. The molecule has 7 nitrogen and oxygen atoms in total. The summed E-state index contributed by atoms with van der Waals surface area (Å²) in [6.45, 7) is 2.04. The van der Waals surface area contributed by atoms with E-state index in [1.807, 2.05) is 35.6 Å². The van der Waals surface area contributed by atoms with Crippen molar-refractivity contribution in [3.8, 4) is 11.5 Å². The Bertz CT molecular complexity index is 860. The molecule has 0 radical (unpaired) electrons. The molecular formula is C21H26INO6. The number of benzene rings is 1. The zero-order chi connectivity index (χ0) is 21.1. The van der Waals surface area contributed by atoms with Crippen LogP contribution in [0, 0.1) is 27.2 Å². The molecule has 2 heterocycles. The number of halogens is 1. The zero-order valence-corrected chi connectivity index (χ0v) is 18.9. The van der Waals surface area contributed by atoms with Crippen molar-refractivity contribution in [1.82, 2.24) is 4.90 Å². The molecule has 8 heteroatoms. The van der Waals surface area contributed by atoms with E-state index >= 15 is 0 Å². The Hall–Kier alpha value is -1.39. The number of hydrogen-bond acceptors (Lipinski definition) is 6. The van der Waals surface area contributed by atoms with Gasteiger partial charge in [0, 0.05) is 18.9 Å². The molecule has 2 saturated heterocycles. The average Bonchev–Trinajstić information content (AvgIpc) is 3.15. The SMILES string of the molecule is CCC[C@H]1C[C@@H]2C(=O)N(C)C(=O)[C@@H]2[C@@H]2C[C@@H](c3cc(I)c(O)c(OC)c3)O[C@]12O. The minimum absolute atomic E-state index is 0.0630. The van der Waals surface area contributed by atoms with Crippen LogP contribution in [-0.4, -0.2) is 46.9 Å². The Morgan fingerprint density at radius 3 is 2.69 bits per heavy atom. The molecule has 2 amide bonds. The molecule has 1 aliphatic carbocycles. The maximum atomic E-state index is 12.8. The van der Waals surface area contributed by atoms with Crippen LogP contribution in [0.3, 0.4) is 0 Å². The molecule has 3 fully saturated rings. The molecule has 4 rings (SSSR count). The summed E-state index contributed by atoms with van der Waals surface area (Å²) in [7, 11) is 3.01. The number of ether oxygens (including phenoxy) is 2. The number of fused-ring (bicyclic) bond motifs is 3. The van der Waals surface area contributed by atoms with Crippen LogP contribution in [0.5, 0.6) is 11.5 Å². The van der Waals surface area contributed by atoms with Gasteiger partial charge in [0.2, 0.25) is 11.8 Å². The van der Waals surface area contributed by atoms with Gasteiger partial charge in [-0.15, -0.1) is 0 Å². The van der Waals surface area contributed by atoms with Gasteiger partial charge in [0.1, 0.15) is 0 Å². The van der Waals surface area contributed by atoms with Gasteiger partial charge in [0.15, 0.2) is 17.3 Å². The average molecular weight is 515 g/mol. The van der Waals surface area contributed by atoms with Gasteiger partial charge < -0.3 is 19.7 Å². The lowest BCUT2D eigenvalue weighted by atomic mass is 9.63. The third-order valence-corrected chi connectivity index (χ3v) is 7.69. The fourth-order valence-corrected chi connectivity index (χ4v) is 6.09. The summed E-state index contributed by atoms with van der Waals surface area (Å²) >= 11 is 2.03. The summed E-state index contributed by atoms with van der Waals surface area (Å²) in [5.74, 6) is -2.99. The van der Waals surface area contributed by atoms with Gasteiger partial charge in [0.05, 0.1) is 28.6 Å². The van der Waals surface area contributed by atoms with Gasteiger partial charge in [0.25, 0.3) is 0 Å². The lowest BCUT2D eigenvalue weighted by Crippen LogP contribution is -2.53. The maximum absolute atomic E-state index is 12.8. The van der Waals surface area contributed by atoms with Gasteiger partial charge >= 0.3 is 0 Å². The van der Waals surface area contributed by atoms with Crippen molar-refractivity contribution in [2.45, 2.75) is 44.5 Å². The molecule has 0 unspecified atom stereocenters. The highest BCUT2D eigenvalue weighted by atomic mass is 127. The molecule has 1 aromatic rings. The van der Waals surface area contributed by atoms with E-state index in [4.69, 9.17) is 9.47 Å². The first kappa shape index (κ1) is 20.9. The first-order chi connectivity index (χ1) is 13.7. The first-order valence-electron chi connectivity index (χ1n) is 10.0. The molecule has 3 aliphatic rings. The first-order valence-corrected chi connectivity index (χ1v) is 11.1. The molecule has 2 aliphatic heterocycles. The highest BCUT2D eigenvalue weighted by molar-refractivity contribution is 14.1. The Kier molecular flexibility index (Phi) is 5.31. The lowest BCUT2D eigenvalue weighted by molar-refractivity contribution is -0.270. The second kappa shape index (κ2) is 7.39. The van der Waals surface area contributed by atoms with E-state index in [1.54, 1.807) is 6.07 Å². The van der Waals surface area contributed by atoms with Crippen LogP contribution in [0.2, 0.25) is 0 Å². The topological polar surface area (TPSA) is 96.3 Å². The summed E-state index contributed by atoms with van der Waals surface area (Å²) in [6, 6.07) is 3.52. The van der Waals surface area contributed by atoms with E-state index in [-0.39, 0.29) is 29.4 Å². The largest absolute Gasteiger partial charge is 0.504 e. The summed E-state index contributed by atoms with van der Waals surface area (Å²) in [5.41, 5.74) is 0.781. The molecule has 1 saturated carbocycles. The third kappa shape index (κ3) is 3.06. The number of phenols is 1. The number of aliphatic hydroxyl groups is 1. The maximum Gasteiger partial charge on any atom is 0.233 e. The van der Waals surface area contributed by atoms with Crippen molar-refractivity contribution in [1.29, 1.82) is 0 Å². The minimum Gasteiger partial charge on any atom is -0.504 e. The van der Waals surface area contributed by atoms with E-state index in [0.717, 1.165) is 18.4 Å². The van der Waals surface area contributed by atoms with Gasteiger partial charge in [-0.2, -0.15) is 0 Å². The van der Waals surface area contributed by atoms with Crippen LogP contribution in [-0.2, 0) is 14.3 Å². The Morgan fingerprint density at radius 2 is 2.03 bits per heavy atom. The number of phenolic OH excluding ortho intramolecular Hbond substituents is 1. The predicted molar refractivity (Wildman–Crippen MR) is 112 cm³/mol. The molecule has 0 bridgehead atoms. The smallest absolute Gasteiger partial charge is 0.233 e. The molecule has 2 N–H and O–H groups in total. The van der Waals surface area contributed by atoms with Crippen molar-refractivity contribution in [2.24, 2.45) is 23.7 Å². The monoisotopic (exact) mass is 515 g/mol. The van der Waals surface area contributed by atoms with Crippen molar-refractivity contribution >= 4 is 34.4 Å². The summed E-state index contributed by atoms with van der Waals surface area (Å²) in [5, 5.41) is 21.8. The molecular weight excluding hydrogens is 489 g/mol. The van der Waals surface area contributed by atoms with Gasteiger partial charge in [-0.1, -0.05) is 13.3 Å². The molecule has 0 aromatic heterocycles. The van der Waals surface area contributed by atoms with Crippen LogP contribution < -0.4 is 4.74 Å². The Balaban J connectivity index is 1.73. The fraction of sp³-hybridized carbons (Fsp3) is 0.619. The van der Waals surface area contributed by atoms with Gasteiger partial charge in [-0.3, -0.25) is 14.5 Å². The fourth-order valence-electron chi connectivity index (χ4n) is 5.46. The summed E-state index contributed by atoms with van der Waals surface area (Å²) < 4.78 is 12.1. The highest BCUT2D eigenvalue weighted by Gasteiger charge is 2.65. The number of nitrogens with zero attached hydrogens (tertiary/aromatic N) is 1. The number of carbonyl (C=O) groups is 2. The van der Waals surface area contributed by atoms with Crippen molar-refractivity contribution in [2.75, 3.05) is 14.2 Å². The Morgan fingerprint density at radius 1 is 1.31 bits per heavy atom. The number of likely N-dealkylation sites (tertiary alicyclic amines) is 1. The molecule has 158 valence electrons. The second-order valence-corrected chi connectivity index (χ2v) is 9.51. The van der Waals surface area contributed by atoms with Crippen LogP contribution in [0.4, 0.5) is 0 Å². The zero-order valence-electron chi connectivity index (χ0n) is 16.7. The molecule has 6 atom stereocenters. The number of carbonyl (C=O) groups excluding carboxylic acids is 2. The minimum atomic E-state index is -1.44. The van der Waals surface area contributed by atoms with Gasteiger partial charge in [-0.25, -0.2) is 0 Å².